The van der Waals surface area contributed by atoms with E-state index in [4.69, 9.17) is 23.4 Å². The van der Waals surface area contributed by atoms with Crippen molar-refractivity contribution >= 4 is 9.84 Å². The van der Waals surface area contributed by atoms with Gasteiger partial charge in [0.1, 0.15) is 34.8 Å². The molecule has 0 aliphatic rings. The van der Waals surface area contributed by atoms with Gasteiger partial charge in [-0.25, -0.2) is 18.4 Å². The molecule has 214 valence electrons. The molecule has 0 aliphatic carbocycles. The Morgan fingerprint density at radius 1 is 0.950 bits per heavy atom. The van der Waals surface area contributed by atoms with E-state index in [-0.39, 0.29) is 24.9 Å². The fourth-order valence-electron chi connectivity index (χ4n) is 4.14. The smallest absolute Gasteiger partial charge is 0.204 e. The molecule has 0 amide bonds. The van der Waals surface area contributed by atoms with Gasteiger partial charge in [0.15, 0.2) is 27.2 Å². The van der Waals surface area contributed by atoms with Gasteiger partial charge in [0, 0.05) is 19.5 Å². The molecule has 0 unspecified atom stereocenters. The van der Waals surface area contributed by atoms with Crippen molar-refractivity contribution in [3.63, 3.8) is 0 Å². The summed E-state index contributed by atoms with van der Waals surface area (Å²) in [6.45, 7) is 5.66. The second kappa shape index (κ2) is 12.6. The van der Waals surface area contributed by atoms with Crippen LogP contribution in [-0.2, 0) is 25.1 Å². The normalized spacial score (nSPS) is 13.2. The van der Waals surface area contributed by atoms with Gasteiger partial charge in [0.25, 0.3) is 0 Å². The number of para-hydroxylation sites is 1. The van der Waals surface area contributed by atoms with Crippen LogP contribution in [0, 0.1) is 13.8 Å². The number of hydrogen-bond donors (Lipinski definition) is 0. The van der Waals surface area contributed by atoms with Gasteiger partial charge in [-0.3, -0.25) is 4.57 Å². The quantitative estimate of drug-likeness (QED) is 0.217. The first-order valence-corrected chi connectivity index (χ1v) is 14.2. The number of ether oxygens (including phenoxy) is 4. The van der Waals surface area contributed by atoms with Crippen LogP contribution in [0.4, 0.5) is 0 Å². The monoisotopic (exact) mass is 571 g/mol. The fourth-order valence-corrected chi connectivity index (χ4v) is 5.53. The summed E-state index contributed by atoms with van der Waals surface area (Å²) >= 11 is 0. The van der Waals surface area contributed by atoms with Crippen LogP contribution >= 0.6 is 0 Å². The summed E-state index contributed by atoms with van der Waals surface area (Å²) in [5.41, 5.74) is 1.28. The minimum atomic E-state index is -3.92. The topological polar surface area (TPSA) is 141 Å². The van der Waals surface area contributed by atoms with Crippen LogP contribution < -0.4 is 9.47 Å². The Morgan fingerprint density at radius 2 is 1.62 bits per heavy atom. The molecule has 0 fully saturated rings. The van der Waals surface area contributed by atoms with Crippen LogP contribution in [-0.4, -0.2) is 72.9 Å². The summed E-state index contributed by atoms with van der Waals surface area (Å²) in [5, 5.41) is 7.57. The van der Waals surface area contributed by atoms with E-state index in [9.17, 15) is 8.42 Å². The van der Waals surface area contributed by atoms with Crippen molar-refractivity contribution in [2.24, 2.45) is 0 Å². The fraction of sp³-hybridized carbons (Fsp3) is 0.407. The summed E-state index contributed by atoms with van der Waals surface area (Å²) in [6.07, 6.45) is 2.30. The van der Waals surface area contributed by atoms with Crippen LogP contribution in [0.25, 0.3) is 17.3 Å². The lowest BCUT2D eigenvalue weighted by atomic mass is 10.2. The van der Waals surface area contributed by atoms with Crippen LogP contribution in [0.15, 0.2) is 47.1 Å². The van der Waals surface area contributed by atoms with Gasteiger partial charge in [0.05, 0.1) is 32.7 Å². The molecule has 0 bridgehead atoms. The summed E-state index contributed by atoms with van der Waals surface area (Å²) in [4.78, 5) is 8.67. The Hall–Kier alpha value is -3.81. The summed E-state index contributed by atoms with van der Waals surface area (Å²) < 4.78 is 57.5. The highest BCUT2D eigenvalue weighted by molar-refractivity contribution is 7.91. The molecule has 4 rings (SSSR count). The predicted molar refractivity (Wildman–Crippen MR) is 146 cm³/mol. The SMILES string of the molecule is COCCO[C@H](c1ncc(C)cn1)[C@H](C)S(=O)(=O)Cc1nnc(-c2ccc(C)o2)n1-c1c(OC)cccc1OC. The average Bonchev–Trinajstić information content (AvgIpc) is 3.56. The van der Waals surface area contributed by atoms with Crippen molar-refractivity contribution in [3.8, 4) is 28.8 Å². The van der Waals surface area contributed by atoms with Crippen molar-refractivity contribution < 1.29 is 31.8 Å². The summed E-state index contributed by atoms with van der Waals surface area (Å²) in [5.74, 6) is 2.16. The number of hydrogen-bond acceptors (Lipinski definition) is 11. The largest absolute Gasteiger partial charge is 0.494 e. The van der Waals surface area contributed by atoms with Crippen molar-refractivity contribution in [1.29, 1.82) is 0 Å². The lowest BCUT2D eigenvalue weighted by Gasteiger charge is -2.23. The zero-order valence-electron chi connectivity index (χ0n) is 23.3. The standard InChI is InChI=1S/C27H33N5O7S/c1-17-14-28-26(29-15-17)25(38-13-12-35-4)19(3)40(33,34)16-23-30-31-27(22-11-10-18(2)39-22)32(23)24-20(36-5)8-7-9-21(24)37-6/h7-11,14-15,19,25H,12-13,16H2,1-6H3/t19-,25-/m0/s1. The zero-order chi connectivity index (χ0) is 28.9. The molecule has 40 heavy (non-hydrogen) atoms. The maximum atomic E-state index is 13.9. The number of sulfone groups is 1. The maximum absolute atomic E-state index is 13.9. The first-order valence-electron chi connectivity index (χ1n) is 12.5. The molecule has 2 atom stereocenters. The molecule has 13 heteroatoms. The number of aryl methyl sites for hydroxylation is 2. The van der Waals surface area contributed by atoms with E-state index in [0.29, 0.717) is 34.5 Å². The molecule has 0 N–H and O–H groups in total. The second-order valence-corrected chi connectivity index (χ2v) is 11.5. The Bertz CT molecular complexity index is 1510. The number of aromatic nitrogens is 5. The van der Waals surface area contributed by atoms with Gasteiger partial charge in [-0.1, -0.05) is 6.07 Å². The van der Waals surface area contributed by atoms with E-state index in [1.54, 1.807) is 61.1 Å². The molecule has 0 saturated heterocycles. The van der Waals surface area contributed by atoms with E-state index in [2.05, 4.69) is 20.2 Å². The molecule has 4 aromatic rings. The molecule has 0 radical (unpaired) electrons. The maximum Gasteiger partial charge on any atom is 0.204 e. The highest BCUT2D eigenvalue weighted by Crippen LogP contribution is 2.37. The third-order valence-electron chi connectivity index (χ3n) is 6.28. The molecule has 12 nitrogen and oxygen atoms in total. The van der Waals surface area contributed by atoms with Gasteiger partial charge < -0.3 is 23.4 Å². The number of methoxy groups -OCH3 is 3. The molecule has 3 heterocycles. The van der Waals surface area contributed by atoms with Gasteiger partial charge in [0.2, 0.25) is 5.82 Å². The van der Waals surface area contributed by atoms with Gasteiger partial charge in [-0.15, -0.1) is 10.2 Å². The number of benzene rings is 1. The minimum absolute atomic E-state index is 0.138. The van der Waals surface area contributed by atoms with Crippen molar-refractivity contribution in [1.82, 2.24) is 24.7 Å². The van der Waals surface area contributed by atoms with Crippen molar-refractivity contribution in [2.75, 3.05) is 34.5 Å². The molecule has 0 spiro atoms. The Morgan fingerprint density at radius 3 is 2.20 bits per heavy atom. The number of nitrogens with zero attached hydrogens (tertiary/aromatic N) is 5. The lowest BCUT2D eigenvalue weighted by Crippen LogP contribution is -2.31. The van der Waals surface area contributed by atoms with E-state index < -0.39 is 26.9 Å². The number of furan rings is 1. The molecular weight excluding hydrogens is 538 g/mol. The van der Waals surface area contributed by atoms with Crippen LogP contribution in [0.5, 0.6) is 11.5 Å². The third-order valence-corrected chi connectivity index (χ3v) is 8.32. The second-order valence-electron chi connectivity index (χ2n) is 9.11. The highest BCUT2D eigenvalue weighted by Gasteiger charge is 2.36. The van der Waals surface area contributed by atoms with E-state index >= 15 is 0 Å². The van der Waals surface area contributed by atoms with E-state index in [1.807, 2.05) is 6.92 Å². The van der Waals surface area contributed by atoms with Gasteiger partial charge in [-0.2, -0.15) is 0 Å². The predicted octanol–water partition coefficient (Wildman–Crippen LogP) is 3.66. The minimum Gasteiger partial charge on any atom is -0.494 e. The van der Waals surface area contributed by atoms with Crippen LogP contribution in [0.3, 0.4) is 0 Å². The number of rotatable bonds is 13. The van der Waals surface area contributed by atoms with Crippen molar-refractivity contribution in [2.45, 2.75) is 37.9 Å². The first kappa shape index (κ1) is 29.2. The Balaban J connectivity index is 1.80. The van der Waals surface area contributed by atoms with E-state index in [1.165, 1.54) is 21.3 Å². The summed E-state index contributed by atoms with van der Waals surface area (Å²) in [7, 11) is 0.647. The first-order chi connectivity index (χ1) is 19.2. The molecule has 1 aromatic carbocycles. The zero-order valence-corrected chi connectivity index (χ0v) is 24.1. The molecular formula is C27H33N5O7S. The highest BCUT2D eigenvalue weighted by atomic mass is 32.2. The summed E-state index contributed by atoms with van der Waals surface area (Å²) in [6, 6.07) is 8.78. The molecule has 0 aliphatic heterocycles. The Kier molecular flexibility index (Phi) is 9.17. The van der Waals surface area contributed by atoms with Gasteiger partial charge >= 0.3 is 0 Å². The lowest BCUT2D eigenvalue weighted by molar-refractivity contribution is 0.0118. The van der Waals surface area contributed by atoms with Crippen molar-refractivity contribution in [3.05, 3.63) is 65.7 Å². The van der Waals surface area contributed by atoms with Crippen LogP contribution in [0.2, 0.25) is 0 Å². The average molecular weight is 572 g/mol. The van der Waals surface area contributed by atoms with E-state index in [0.717, 1.165) is 5.56 Å². The van der Waals surface area contributed by atoms with Crippen LogP contribution in [0.1, 0.15) is 36.0 Å². The third kappa shape index (κ3) is 6.16. The van der Waals surface area contributed by atoms with Gasteiger partial charge in [-0.05, 0) is 50.6 Å². The Labute approximate surface area is 233 Å². The molecule has 0 saturated carbocycles. The molecule has 3 aromatic heterocycles.